The van der Waals surface area contributed by atoms with Gasteiger partial charge < -0.3 is 14.8 Å². The minimum Gasteiger partial charge on any atom is -0.496 e. The third-order valence-corrected chi connectivity index (χ3v) is 4.74. The van der Waals surface area contributed by atoms with E-state index in [1.807, 2.05) is 6.07 Å². The van der Waals surface area contributed by atoms with Crippen LogP contribution in [0.5, 0.6) is 11.5 Å². The minimum atomic E-state index is 0.335. The lowest BCUT2D eigenvalue weighted by Gasteiger charge is -2.31. The lowest BCUT2D eigenvalue weighted by atomic mass is 9.79. The summed E-state index contributed by atoms with van der Waals surface area (Å²) in [4.78, 5) is 0. The summed E-state index contributed by atoms with van der Waals surface area (Å²) < 4.78 is 11.9. The molecule has 4 heteroatoms. The summed E-state index contributed by atoms with van der Waals surface area (Å²) in [6, 6.07) is 4.43. The van der Waals surface area contributed by atoms with Crippen LogP contribution in [0.3, 0.4) is 0 Å². The second-order valence-corrected chi connectivity index (χ2v) is 6.23. The molecule has 0 saturated heterocycles. The molecule has 0 aliphatic heterocycles. The van der Waals surface area contributed by atoms with Crippen molar-refractivity contribution in [1.82, 2.24) is 5.32 Å². The second-order valence-electron chi connectivity index (χ2n) is 5.37. The van der Waals surface area contributed by atoms with Gasteiger partial charge in [0.15, 0.2) is 0 Å². The average molecular weight is 342 g/mol. The molecule has 1 aromatic carbocycles. The van der Waals surface area contributed by atoms with Crippen molar-refractivity contribution in [3.8, 4) is 11.5 Å². The van der Waals surface area contributed by atoms with Crippen LogP contribution in [0.1, 0.15) is 44.2 Å². The van der Waals surface area contributed by atoms with Crippen molar-refractivity contribution in [3.63, 3.8) is 0 Å². The lowest BCUT2D eigenvalue weighted by molar-refractivity contribution is 0.259. The van der Waals surface area contributed by atoms with Crippen LogP contribution in [0.15, 0.2) is 16.6 Å². The van der Waals surface area contributed by atoms with Crippen molar-refractivity contribution in [2.75, 3.05) is 20.8 Å². The standard InChI is InChI=1S/C16H24BrNO2/c1-4-18-14(8-11-6-5-7-11)12-9-16(20-3)13(17)10-15(12)19-2/h9-11,14,18H,4-8H2,1-3H3. The quantitative estimate of drug-likeness (QED) is 0.801. The van der Waals surface area contributed by atoms with Gasteiger partial charge in [0.25, 0.3) is 0 Å². The highest BCUT2D eigenvalue weighted by molar-refractivity contribution is 9.10. The van der Waals surface area contributed by atoms with E-state index in [-0.39, 0.29) is 0 Å². The molecule has 1 saturated carbocycles. The van der Waals surface area contributed by atoms with Gasteiger partial charge in [0.1, 0.15) is 11.5 Å². The molecule has 1 fully saturated rings. The Labute approximate surface area is 130 Å². The maximum Gasteiger partial charge on any atom is 0.133 e. The van der Waals surface area contributed by atoms with E-state index in [0.29, 0.717) is 6.04 Å². The molecule has 3 nitrogen and oxygen atoms in total. The molecule has 1 unspecified atom stereocenters. The predicted octanol–water partition coefficient (Wildman–Crippen LogP) is 4.31. The molecule has 0 amide bonds. The summed E-state index contributed by atoms with van der Waals surface area (Å²) in [5.41, 5.74) is 1.20. The number of methoxy groups -OCH3 is 2. The molecular formula is C16H24BrNO2. The Bertz CT molecular complexity index is 446. The fraction of sp³-hybridized carbons (Fsp3) is 0.625. The summed E-state index contributed by atoms with van der Waals surface area (Å²) in [6.45, 7) is 3.11. The molecule has 1 aromatic rings. The van der Waals surface area contributed by atoms with Crippen LogP contribution < -0.4 is 14.8 Å². The van der Waals surface area contributed by atoms with E-state index in [1.54, 1.807) is 14.2 Å². The molecule has 20 heavy (non-hydrogen) atoms. The van der Waals surface area contributed by atoms with Gasteiger partial charge in [-0.25, -0.2) is 0 Å². The highest BCUT2D eigenvalue weighted by Crippen LogP contribution is 2.40. The molecule has 0 radical (unpaired) electrons. The monoisotopic (exact) mass is 341 g/mol. The van der Waals surface area contributed by atoms with Gasteiger partial charge in [-0.15, -0.1) is 0 Å². The van der Waals surface area contributed by atoms with Gasteiger partial charge in [-0.1, -0.05) is 26.2 Å². The first-order chi connectivity index (χ1) is 9.69. The molecule has 1 aliphatic carbocycles. The summed E-state index contributed by atoms with van der Waals surface area (Å²) in [5.74, 6) is 2.62. The highest BCUT2D eigenvalue weighted by atomic mass is 79.9. The third kappa shape index (κ3) is 3.47. The molecule has 1 aliphatic rings. The van der Waals surface area contributed by atoms with Gasteiger partial charge in [0, 0.05) is 11.6 Å². The molecule has 0 heterocycles. The molecular weight excluding hydrogens is 318 g/mol. The topological polar surface area (TPSA) is 30.5 Å². The van der Waals surface area contributed by atoms with E-state index in [9.17, 15) is 0 Å². The van der Waals surface area contributed by atoms with E-state index < -0.39 is 0 Å². The number of rotatable bonds is 7. The number of benzene rings is 1. The van der Waals surface area contributed by atoms with Crippen LogP contribution in [0.25, 0.3) is 0 Å². The van der Waals surface area contributed by atoms with Gasteiger partial charge in [0.05, 0.1) is 18.7 Å². The van der Waals surface area contributed by atoms with Crippen LogP contribution in [0, 0.1) is 5.92 Å². The molecule has 0 spiro atoms. The molecule has 112 valence electrons. The van der Waals surface area contributed by atoms with Gasteiger partial charge in [-0.3, -0.25) is 0 Å². The largest absolute Gasteiger partial charge is 0.496 e. The summed E-state index contributed by atoms with van der Waals surface area (Å²) in [5, 5.41) is 3.59. The maximum atomic E-state index is 5.56. The van der Waals surface area contributed by atoms with Crippen LogP contribution in [-0.2, 0) is 0 Å². The molecule has 0 aromatic heterocycles. The first-order valence-electron chi connectivity index (χ1n) is 7.34. The van der Waals surface area contributed by atoms with Crippen LogP contribution in [0.2, 0.25) is 0 Å². The van der Waals surface area contributed by atoms with Crippen molar-refractivity contribution in [2.24, 2.45) is 5.92 Å². The van der Waals surface area contributed by atoms with E-state index in [2.05, 4.69) is 34.2 Å². The number of nitrogens with one attached hydrogen (secondary N) is 1. The first kappa shape index (κ1) is 15.6. The number of hydrogen-bond donors (Lipinski definition) is 1. The summed E-state index contributed by atoms with van der Waals surface area (Å²) in [7, 11) is 3.43. The van der Waals surface area contributed by atoms with Crippen LogP contribution in [-0.4, -0.2) is 20.8 Å². The van der Waals surface area contributed by atoms with E-state index >= 15 is 0 Å². The second kappa shape index (κ2) is 7.32. The number of halogens is 1. The predicted molar refractivity (Wildman–Crippen MR) is 85.6 cm³/mol. The zero-order chi connectivity index (χ0) is 14.5. The Hall–Kier alpha value is -0.740. The van der Waals surface area contributed by atoms with Crippen molar-refractivity contribution in [2.45, 2.75) is 38.6 Å². The molecule has 2 rings (SSSR count). The van der Waals surface area contributed by atoms with Crippen molar-refractivity contribution in [1.29, 1.82) is 0 Å². The Morgan fingerprint density at radius 1 is 1.25 bits per heavy atom. The fourth-order valence-corrected chi connectivity index (χ4v) is 3.27. The fourth-order valence-electron chi connectivity index (χ4n) is 2.78. The average Bonchev–Trinajstić information content (AvgIpc) is 2.41. The van der Waals surface area contributed by atoms with Crippen molar-refractivity contribution in [3.05, 3.63) is 22.2 Å². The van der Waals surface area contributed by atoms with Gasteiger partial charge in [-0.05, 0) is 46.9 Å². The Morgan fingerprint density at radius 2 is 1.95 bits per heavy atom. The van der Waals surface area contributed by atoms with Gasteiger partial charge >= 0.3 is 0 Å². The Balaban J connectivity index is 2.28. The van der Waals surface area contributed by atoms with Gasteiger partial charge in [-0.2, -0.15) is 0 Å². The van der Waals surface area contributed by atoms with Gasteiger partial charge in [0.2, 0.25) is 0 Å². The zero-order valence-corrected chi connectivity index (χ0v) is 14.1. The summed E-state index contributed by atoms with van der Waals surface area (Å²) >= 11 is 3.52. The van der Waals surface area contributed by atoms with E-state index in [0.717, 1.165) is 28.4 Å². The summed E-state index contributed by atoms with van der Waals surface area (Å²) in [6.07, 6.45) is 5.27. The molecule has 1 atom stereocenters. The molecule has 1 N–H and O–H groups in total. The van der Waals surface area contributed by atoms with E-state index in [4.69, 9.17) is 9.47 Å². The third-order valence-electron chi connectivity index (χ3n) is 4.12. The van der Waals surface area contributed by atoms with E-state index in [1.165, 1.54) is 31.2 Å². The highest BCUT2D eigenvalue weighted by Gasteiger charge is 2.25. The zero-order valence-electron chi connectivity index (χ0n) is 12.5. The SMILES string of the molecule is CCNC(CC1CCC1)c1cc(OC)c(Br)cc1OC. The lowest BCUT2D eigenvalue weighted by Crippen LogP contribution is -2.26. The minimum absolute atomic E-state index is 0.335. The van der Waals surface area contributed by atoms with Crippen LogP contribution in [0.4, 0.5) is 0 Å². The smallest absolute Gasteiger partial charge is 0.133 e. The first-order valence-corrected chi connectivity index (χ1v) is 8.13. The van der Waals surface area contributed by atoms with Crippen molar-refractivity contribution >= 4 is 15.9 Å². The normalized spacial score (nSPS) is 16.6. The maximum absolute atomic E-state index is 5.56. The number of hydrogen-bond acceptors (Lipinski definition) is 3. The Kier molecular flexibility index (Phi) is 5.73. The van der Waals surface area contributed by atoms with Crippen molar-refractivity contribution < 1.29 is 9.47 Å². The Morgan fingerprint density at radius 3 is 2.45 bits per heavy atom. The number of ether oxygens (including phenoxy) is 2. The molecule has 0 bridgehead atoms. The van der Waals surface area contributed by atoms with Crippen LogP contribution >= 0.6 is 15.9 Å².